The highest BCUT2D eigenvalue weighted by molar-refractivity contribution is 6.32. The minimum atomic E-state index is -0.189. The second-order valence-electron chi connectivity index (χ2n) is 5.10. The van der Waals surface area contributed by atoms with Crippen LogP contribution in [0.25, 0.3) is 0 Å². The van der Waals surface area contributed by atoms with Gasteiger partial charge < -0.3 is 11.1 Å². The number of nitrogen functional groups attached to an aromatic ring is 1. The molecule has 0 saturated heterocycles. The van der Waals surface area contributed by atoms with Crippen molar-refractivity contribution in [1.82, 2.24) is 10.3 Å². The molecule has 1 aromatic rings. The average molecular weight is 268 g/mol. The lowest BCUT2D eigenvalue weighted by molar-refractivity contribution is 0.0927. The zero-order valence-corrected chi connectivity index (χ0v) is 11.4. The number of hydrogen-bond acceptors (Lipinski definition) is 3. The fourth-order valence-corrected chi connectivity index (χ4v) is 2.63. The average Bonchev–Trinajstić information content (AvgIpc) is 2.64. The van der Waals surface area contributed by atoms with Gasteiger partial charge in [-0.1, -0.05) is 25.4 Å². The Balaban J connectivity index is 2.10. The Morgan fingerprint density at radius 2 is 2.22 bits per heavy atom. The minimum absolute atomic E-state index is 0.189. The molecule has 1 fully saturated rings. The summed E-state index contributed by atoms with van der Waals surface area (Å²) in [5.74, 6) is 0.942. The first kappa shape index (κ1) is 13.1. The molecule has 1 amide bonds. The Morgan fingerprint density at radius 1 is 1.50 bits per heavy atom. The molecular weight excluding hydrogens is 250 g/mol. The molecule has 18 heavy (non-hydrogen) atoms. The van der Waals surface area contributed by atoms with Gasteiger partial charge in [0.2, 0.25) is 0 Å². The fourth-order valence-electron chi connectivity index (χ4n) is 2.44. The normalized spacial score (nSPS) is 27.2. The van der Waals surface area contributed by atoms with Crippen LogP contribution in [0.5, 0.6) is 0 Å². The third-order valence-electron chi connectivity index (χ3n) is 3.89. The van der Waals surface area contributed by atoms with E-state index in [4.69, 9.17) is 17.3 Å². The number of aromatic nitrogens is 1. The van der Waals surface area contributed by atoms with Gasteiger partial charge in [0.15, 0.2) is 0 Å². The van der Waals surface area contributed by atoms with Crippen LogP contribution >= 0.6 is 11.6 Å². The zero-order chi connectivity index (χ0) is 13.3. The molecule has 1 heterocycles. The molecule has 98 valence electrons. The molecule has 0 aliphatic heterocycles. The van der Waals surface area contributed by atoms with Gasteiger partial charge in [-0.15, -0.1) is 0 Å². The maximum Gasteiger partial charge on any atom is 0.254 e. The smallest absolute Gasteiger partial charge is 0.254 e. The van der Waals surface area contributed by atoms with Crippen LogP contribution in [0.3, 0.4) is 0 Å². The molecule has 2 rings (SSSR count). The second-order valence-corrected chi connectivity index (χ2v) is 5.46. The van der Waals surface area contributed by atoms with Crippen molar-refractivity contribution >= 4 is 23.2 Å². The molecular formula is C13H18ClN3O. The summed E-state index contributed by atoms with van der Waals surface area (Å²) >= 11 is 5.91. The van der Waals surface area contributed by atoms with Gasteiger partial charge in [-0.2, -0.15) is 0 Å². The lowest BCUT2D eigenvalue weighted by atomic mass is 9.97. The van der Waals surface area contributed by atoms with E-state index in [0.717, 1.165) is 12.8 Å². The Morgan fingerprint density at radius 3 is 2.83 bits per heavy atom. The van der Waals surface area contributed by atoms with E-state index in [-0.39, 0.29) is 17.1 Å². The molecule has 5 heteroatoms. The first-order valence-electron chi connectivity index (χ1n) is 6.21. The lowest BCUT2D eigenvalue weighted by Crippen LogP contribution is -2.37. The summed E-state index contributed by atoms with van der Waals surface area (Å²) in [6.07, 6.45) is 3.61. The van der Waals surface area contributed by atoms with E-state index in [0.29, 0.717) is 23.1 Å². The van der Waals surface area contributed by atoms with Crippen LogP contribution in [-0.2, 0) is 0 Å². The fraction of sp³-hybridized carbons (Fsp3) is 0.538. The van der Waals surface area contributed by atoms with Crippen molar-refractivity contribution in [2.24, 2.45) is 11.8 Å². The predicted molar refractivity (Wildman–Crippen MR) is 72.5 cm³/mol. The number of halogens is 1. The molecule has 1 saturated carbocycles. The van der Waals surface area contributed by atoms with Crippen molar-refractivity contribution in [1.29, 1.82) is 0 Å². The van der Waals surface area contributed by atoms with Crippen molar-refractivity contribution in [2.45, 2.75) is 32.7 Å². The van der Waals surface area contributed by atoms with Crippen molar-refractivity contribution in [3.63, 3.8) is 0 Å². The monoisotopic (exact) mass is 267 g/mol. The maximum absolute atomic E-state index is 12.1. The van der Waals surface area contributed by atoms with E-state index < -0.39 is 0 Å². The molecule has 3 N–H and O–H groups in total. The molecule has 0 bridgehead atoms. The van der Waals surface area contributed by atoms with Crippen LogP contribution < -0.4 is 11.1 Å². The van der Waals surface area contributed by atoms with E-state index in [2.05, 4.69) is 24.1 Å². The van der Waals surface area contributed by atoms with Crippen LogP contribution in [0, 0.1) is 11.8 Å². The number of hydrogen-bond donors (Lipinski definition) is 2. The minimum Gasteiger partial charge on any atom is -0.397 e. The lowest BCUT2D eigenvalue weighted by Gasteiger charge is -2.19. The van der Waals surface area contributed by atoms with Crippen molar-refractivity contribution in [2.75, 3.05) is 5.73 Å². The van der Waals surface area contributed by atoms with E-state index in [1.165, 1.54) is 6.20 Å². The molecule has 1 aliphatic carbocycles. The Labute approximate surface area is 112 Å². The summed E-state index contributed by atoms with van der Waals surface area (Å²) in [7, 11) is 0. The molecule has 4 nitrogen and oxygen atoms in total. The number of nitrogens with one attached hydrogen (secondary N) is 1. The van der Waals surface area contributed by atoms with E-state index in [1.807, 2.05) is 0 Å². The van der Waals surface area contributed by atoms with Gasteiger partial charge in [0.1, 0.15) is 5.15 Å². The van der Waals surface area contributed by atoms with E-state index in [1.54, 1.807) is 6.07 Å². The van der Waals surface area contributed by atoms with Gasteiger partial charge in [-0.05, 0) is 30.7 Å². The van der Waals surface area contributed by atoms with Crippen LogP contribution in [0.2, 0.25) is 5.15 Å². The van der Waals surface area contributed by atoms with E-state index >= 15 is 0 Å². The largest absolute Gasteiger partial charge is 0.397 e. The topological polar surface area (TPSA) is 68.0 Å². The van der Waals surface area contributed by atoms with Crippen LogP contribution in [0.1, 0.15) is 37.0 Å². The van der Waals surface area contributed by atoms with Crippen LogP contribution in [0.15, 0.2) is 12.3 Å². The van der Waals surface area contributed by atoms with Gasteiger partial charge in [-0.25, -0.2) is 4.98 Å². The zero-order valence-electron chi connectivity index (χ0n) is 10.6. The number of nitrogens with zero attached hydrogens (tertiary/aromatic N) is 1. The number of anilines is 1. The first-order chi connectivity index (χ1) is 8.49. The molecule has 1 aromatic heterocycles. The summed E-state index contributed by atoms with van der Waals surface area (Å²) in [4.78, 5) is 16.0. The van der Waals surface area contributed by atoms with Crippen LogP contribution in [0.4, 0.5) is 5.69 Å². The molecule has 0 spiro atoms. The standard InChI is InChI=1S/C13H18ClN3O/c1-7-3-4-11(8(7)2)17-13(18)10-5-9(15)6-16-12(10)14/h5-8,11H,3-4,15H2,1-2H3,(H,17,18). The van der Waals surface area contributed by atoms with Gasteiger partial charge in [0.05, 0.1) is 17.4 Å². The van der Waals surface area contributed by atoms with Gasteiger partial charge in [0.25, 0.3) is 5.91 Å². The third-order valence-corrected chi connectivity index (χ3v) is 4.19. The summed E-state index contributed by atoms with van der Waals surface area (Å²) < 4.78 is 0. The van der Waals surface area contributed by atoms with Crippen LogP contribution in [-0.4, -0.2) is 16.9 Å². The van der Waals surface area contributed by atoms with Crippen molar-refractivity contribution in [3.05, 3.63) is 23.0 Å². The Kier molecular flexibility index (Phi) is 3.76. The van der Waals surface area contributed by atoms with Crippen molar-refractivity contribution in [3.8, 4) is 0 Å². The Bertz CT molecular complexity index is 464. The second kappa shape index (κ2) is 5.14. The van der Waals surface area contributed by atoms with Gasteiger partial charge in [0, 0.05) is 6.04 Å². The maximum atomic E-state index is 12.1. The molecule has 0 radical (unpaired) electrons. The summed E-state index contributed by atoms with van der Waals surface area (Å²) in [6, 6.07) is 1.78. The number of nitrogens with two attached hydrogens (primary N) is 1. The number of rotatable bonds is 2. The summed E-state index contributed by atoms with van der Waals surface area (Å²) in [5, 5.41) is 3.22. The van der Waals surface area contributed by atoms with E-state index in [9.17, 15) is 4.79 Å². The Hall–Kier alpha value is -1.29. The molecule has 1 aliphatic rings. The molecule has 3 atom stereocenters. The number of pyridine rings is 1. The first-order valence-corrected chi connectivity index (χ1v) is 6.58. The highest BCUT2D eigenvalue weighted by Gasteiger charge is 2.31. The third kappa shape index (κ3) is 2.58. The highest BCUT2D eigenvalue weighted by Crippen LogP contribution is 2.31. The SMILES string of the molecule is CC1CCC(NC(=O)c2cc(N)cnc2Cl)C1C. The predicted octanol–water partition coefficient (Wildman–Crippen LogP) is 2.48. The summed E-state index contributed by atoms with van der Waals surface area (Å²) in [6.45, 7) is 4.38. The number of carbonyl (C=O) groups is 1. The highest BCUT2D eigenvalue weighted by atomic mass is 35.5. The number of carbonyl (C=O) groups excluding carboxylic acids is 1. The van der Waals surface area contributed by atoms with Gasteiger partial charge >= 0.3 is 0 Å². The molecule has 3 unspecified atom stereocenters. The molecule has 0 aromatic carbocycles. The summed E-state index contributed by atoms with van der Waals surface area (Å²) in [5.41, 5.74) is 6.41. The number of amides is 1. The van der Waals surface area contributed by atoms with Crippen molar-refractivity contribution < 1.29 is 4.79 Å². The van der Waals surface area contributed by atoms with Gasteiger partial charge in [-0.3, -0.25) is 4.79 Å². The quantitative estimate of drug-likeness (QED) is 0.809.